The van der Waals surface area contributed by atoms with Crippen molar-refractivity contribution in [1.29, 1.82) is 5.26 Å². The third-order valence-electron chi connectivity index (χ3n) is 5.78. The van der Waals surface area contributed by atoms with Crippen molar-refractivity contribution in [3.8, 4) is 17.2 Å². The largest absolute Gasteiger partial charge is 0.370 e. The minimum absolute atomic E-state index is 0.128. The number of fused-ring (bicyclic) bond motifs is 1. The summed E-state index contributed by atoms with van der Waals surface area (Å²) in [5.41, 5.74) is 8.42. The van der Waals surface area contributed by atoms with Crippen LogP contribution in [0.5, 0.6) is 0 Å². The molecule has 1 unspecified atom stereocenters. The number of amides is 2. The lowest BCUT2D eigenvalue weighted by Crippen LogP contribution is -2.37. The predicted octanol–water partition coefficient (Wildman–Crippen LogP) is 4.64. The van der Waals surface area contributed by atoms with Crippen molar-refractivity contribution < 1.29 is 9.59 Å². The highest BCUT2D eigenvalue weighted by Gasteiger charge is 2.20. The number of rotatable bonds is 6. The van der Waals surface area contributed by atoms with Gasteiger partial charge in [-0.1, -0.05) is 42.5 Å². The van der Waals surface area contributed by atoms with E-state index < -0.39 is 11.3 Å². The van der Waals surface area contributed by atoms with Crippen LogP contribution in [0.1, 0.15) is 43.1 Å². The van der Waals surface area contributed by atoms with E-state index in [1.165, 1.54) is 0 Å². The molecule has 0 saturated carbocycles. The Morgan fingerprint density at radius 3 is 2.19 bits per heavy atom. The molecule has 3 aromatic rings. The van der Waals surface area contributed by atoms with Crippen molar-refractivity contribution in [1.82, 2.24) is 4.90 Å². The highest BCUT2D eigenvalue weighted by molar-refractivity contribution is 5.99. The summed E-state index contributed by atoms with van der Waals surface area (Å²) in [5, 5.41) is 11.3. The lowest BCUT2D eigenvalue weighted by Gasteiger charge is -2.24. The minimum atomic E-state index is -0.521. The fraction of sp³-hybridized carbons (Fsp3) is 0.269. The lowest BCUT2D eigenvalue weighted by molar-refractivity contribution is -0.118. The maximum Gasteiger partial charge on any atom is 0.253 e. The monoisotopic (exact) mass is 413 g/mol. The Labute approximate surface area is 183 Å². The number of carbonyl (C=O) groups is 2. The molecule has 0 saturated heterocycles. The van der Waals surface area contributed by atoms with Crippen LogP contribution in [0.2, 0.25) is 0 Å². The molecule has 3 rings (SSSR count). The fourth-order valence-electron chi connectivity index (χ4n) is 3.53. The third kappa shape index (κ3) is 4.75. The molecule has 0 aliphatic heterocycles. The summed E-state index contributed by atoms with van der Waals surface area (Å²) in [6, 6.07) is 21.8. The maximum absolute atomic E-state index is 12.8. The van der Waals surface area contributed by atoms with Gasteiger partial charge in [0.05, 0.1) is 11.5 Å². The van der Waals surface area contributed by atoms with Gasteiger partial charge in [-0.05, 0) is 66.4 Å². The second-order valence-corrected chi connectivity index (χ2v) is 8.53. The summed E-state index contributed by atoms with van der Waals surface area (Å²) in [6.07, 6.45) is 0.128. The second kappa shape index (κ2) is 8.61. The molecule has 0 bridgehead atoms. The smallest absolute Gasteiger partial charge is 0.253 e. The minimum Gasteiger partial charge on any atom is -0.370 e. The Morgan fingerprint density at radius 1 is 1.00 bits per heavy atom. The van der Waals surface area contributed by atoms with Gasteiger partial charge in [-0.3, -0.25) is 9.59 Å². The molecule has 0 spiro atoms. The van der Waals surface area contributed by atoms with E-state index in [-0.39, 0.29) is 18.4 Å². The Balaban J connectivity index is 1.86. The van der Waals surface area contributed by atoms with E-state index in [9.17, 15) is 14.9 Å². The summed E-state index contributed by atoms with van der Waals surface area (Å²) in [7, 11) is 1.68. The summed E-state index contributed by atoms with van der Waals surface area (Å²) in [5.74, 6) is -0.571. The average Bonchev–Trinajstić information content (AvgIpc) is 2.77. The third-order valence-corrected chi connectivity index (χ3v) is 5.78. The second-order valence-electron chi connectivity index (χ2n) is 8.53. The number of hydrogen-bond donors (Lipinski definition) is 1. The zero-order chi connectivity index (χ0) is 22.8. The van der Waals surface area contributed by atoms with E-state index in [1.807, 2.05) is 62.4 Å². The molecular formula is C26H27N3O2. The molecule has 158 valence electrons. The average molecular weight is 414 g/mol. The molecule has 0 aliphatic carbocycles. The van der Waals surface area contributed by atoms with Crippen molar-refractivity contribution in [3.05, 3.63) is 71.8 Å². The summed E-state index contributed by atoms with van der Waals surface area (Å²) < 4.78 is 0. The summed E-state index contributed by atoms with van der Waals surface area (Å²) >= 11 is 0. The van der Waals surface area contributed by atoms with Crippen LogP contribution in [0.15, 0.2) is 60.7 Å². The van der Waals surface area contributed by atoms with E-state index in [0.29, 0.717) is 5.56 Å². The van der Waals surface area contributed by atoms with Gasteiger partial charge < -0.3 is 10.6 Å². The van der Waals surface area contributed by atoms with E-state index in [4.69, 9.17) is 5.73 Å². The van der Waals surface area contributed by atoms with E-state index >= 15 is 0 Å². The van der Waals surface area contributed by atoms with Gasteiger partial charge in [0.1, 0.15) is 0 Å². The van der Waals surface area contributed by atoms with Crippen molar-refractivity contribution in [3.63, 3.8) is 0 Å². The molecule has 0 aliphatic rings. The molecule has 2 N–H and O–H groups in total. The quantitative estimate of drug-likeness (QED) is 0.638. The summed E-state index contributed by atoms with van der Waals surface area (Å²) in [6.45, 7) is 5.62. The Bertz CT molecular complexity index is 1170. The van der Waals surface area contributed by atoms with Gasteiger partial charge >= 0.3 is 0 Å². The van der Waals surface area contributed by atoms with Crippen LogP contribution >= 0.6 is 0 Å². The predicted molar refractivity (Wildman–Crippen MR) is 123 cm³/mol. The van der Waals surface area contributed by atoms with Crippen molar-refractivity contribution in [2.45, 2.75) is 38.6 Å². The Morgan fingerprint density at radius 2 is 1.58 bits per heavy atom. The fourth-order valence-corrected chi connectivity index (χ4v) is 3.53. The van der Waals surface area contributed by atoms with E-state index in [0.717, 1.165) is 27.5 Å². The molecule has 0 aromatic heterocycles. The van der Waals surface area contributed by atoms with Crippen LogP contribution in [0.25, 0.3) is 21.9 Å². The standard InChI is InChI=1S/C26H27N3O2/c1-17(13-24(28)30)29(4)25(31)22-8-7-20-14-19(5-6-21(20)15-22)18-9-11-23(12-10-18)26(2,3)16-27/h5-12,14-15,17H,13H2,1-4H3,(H2,28,30). The molecule has 0 radical (unpaired) electrons. The van der Waals surface area contributed by atoms with Crippen LogP contribution in [0.3, 0.4) is 0 Å². The molecule has 2 amide bonds. The van der Waals surface area contributed by atoms with Crippen LogP contribution in [0, 0.1) is 11.3 Å². The van der Waals surface area contributed by atoms with Gasteiger partial charge in [0.15, 0.2) is 0 Å². The first-order chi connectivity index (χ1) is 14.6. The van der Waals surface area contributed by atoms with Crippen LogP contribution in [-0.4, -0.2) is 29.8 Å². The molecule has 1 atom stereocenters. The normalized spacial score (nSPS) is 12.2. The first-order valence-electron chi connectivity index (χ1n) is 10.2. The van der Waals surface area contributed by atoms with Gasteiger partial charge in [-0.2, -0.15) is 5.26 Å². The highest BCUT2D eigenvalue weighted by atomic mass is 16.2. The first kappa shape index (κ1) is 22.0. The number of nitrogens with two attached hydrogens (primary N) is 1. The van der Waals surface area contributed by atoms with Crippen LogP contribution in [-0.2, 0) is 10.2 Å². The van der Waals surface area contributed by atoms with Gasteiger partial charge in [0.2, 0.25) is 5.91 Å². The zero-order valence-electron chi connectivity index (χ0n) is 18.3. The van der Waals surface area contributed by atoms with E-state index in [2.05, 4.69) is 12.1 Å². The molecular weight excluding hydrogens is 386 g/mol. The number of hydrogen-bond acceptors (Lipinski definition) is 3. The molecule has 5 heteroatoms. The van der Waals surface area contributed by atoms with Crippen molar-refractivity contribution in [2.24, 2.45) is 5.73 Å². The molecule has 5 nitrogen and oxygen atoms in total. The Hall–Kier alpha value is -3.65. The number of nitriles is 1. The van der Waals surface area contributed by atoms with Gasteiger partial charge in [-0.15, -0.1) is 0 Å². The van der Waals surface area contributed by atoms with Gasteiger partial charge in [0, 0.05) is 25.1 Å². The van der Waals surface area contributed by atoms with Gasteiger partial charge in [-0.25, -0.2) is 0 Å². The first-order valence-corrected chi connectivity index (χ1v) is 10.2. The zero-order valence-corrected chi connectivity index (χ0v) is 18.3. The molecule has 3 aromatic carbocycles. The van der Waals surface area contributed by atoms with Crippen molar-refractivity contribution >= 4 is 22.6 Å². The molecule has 0 fully saturated rings. The lowest BCUT2D eigenvalue weighted by atomic mass is 9.85. The van der Waals surface area contributed by atoms with Gasteiger partial charge in [0.25, 0.3) is 5.91 Å². The topological polar surface area (TPSA) is 87.2 Å². The molecule has 0 heterocycles. The highest BCUT2D eigenvalue weighted by Crippen LogP contribution is 2.29. The molecule has 31 heavy (non-hydrogen) atoms. The SMILES string of the molecule is CC(CC(N)=O)N(C)C(=O)c1ccc2cc(-c3ccc(C(C)(C)C#N)cc3)ccc2c1. The van der Waals surface area contributed by atoms with Crippen LogP contribution < -0.4 is 5.73 Å². The van der Waals surface area contributed by atoms with E-state index in [1.54, 1.807) is 24.9 Å². The number of benzene rings is 3. The number of primary amides is 1. The Kier molecular flexibility index (Phi) is 6.12. The van der Waals surface area contributed by atoms with Crippen LogP contribution in [0.4, 0.5) is 0 Å². The summed E-state index contributed by atoms with van der Waals surface area (Å²) in [4.78, 5) is 25.5. The number of carbonyl (C=O) groups excluding carboxylic acids is 2. The maximum atomic E-state index is 12.8. The van der Waals surface area contributed by atoms with Crippen molar-refractivity contribution in [2.75, 3.05) is 7.05 Å². The number of nitrogens with zero attached hydrogens (tertiary/aromatic N) is 2.